The summed E-state index contributed by atoms with van der Waals surface area (Å²) in [7, 11) is 1.62. The predicted octanol–water partition coefficient (Wildman–Crippen LogP) is 3.71. The lowest BCUT2D eigenvalue weighted by molar-refractivity contribution is -0.121. The third-order valence-electron chi connectivity index (χ3n) is 4.15. The minimum atomic E-state index is -0.00417. The molecule has 5 nitrogen and oxygen atoms in total. The van der Waals surface area contributed by atoms with Gasteiger partial charge in [0.1, 0.15) is 0 Å². The van der Waals surface area contributed by atoms with Crippen molar-refractivity contribution in [2.24, 2.45) is 0 Å². The number of hydrogen-bond acceptors (Lipinski definition) is 4. The Morgan fingerprint density at radius 2 is 1.96 bits per heavy atom. The van der Waals surface area contributed by atoms with Crippen LogP contribution in [0.25, 0.3) is 0 Å². The Balaban J connectivity index is 1.84. The summed E-state index contributed by atoms with van der Waals surface area (Å²) in [6.45, 7) is 3.25. The van der Waals surface area contributed by atoms with Gasteiger partial charge in [-0.25, -0.2) is 0 Å². The summed E-state index contributed by atoms with van der Waals surface area (Å²) < 4.78 is 11.1. The molecular formula is C21H28N2O3. The molecule has 5 heteroatoms. The van der Waals surface area contributed by atoms with Crippen LogP contribution in [0.2, 0.25) is 0 Å². The molecule has 0 aliphatic heterocycles. The molecule has 26 heavy (non-hydrogen) atoms. The Hall–Kier alpha value is -2.69. The van der Waals surface area contributed by atoms with E-state index in [9.17, 15) is 4.79 Å². The summed E-state index contributed by atoms with van der Waals surface area (Å²) >= 11 is 0. The van der Waals surface area contributed by atoms with Crippen LogP contribution in [0, 0.1) is 0 Å². The molecule has 0 fully saturated rings. The molecule has 0 heterocycles. The van der Waals surface area contributed by atoms with Crippen molar-refractivity contribution < 1.29 is 14.3 Å². The molecule has 0 atom stereocenters. The second-order valence-corrected chi connectivity index (χ2v) is 6.16. The number of nitrogens with two attached hydrogens (primary N) is 1. The van der Waals surface area contributed by atoms with Crippen LogP contribution >= 0.6 is 0 Å². The van der Waals surface area contributed by atoms with Crippen molar-refractivity contribution in [1.82, 2.24) is 5.32 Å². The van der Waals surface area contributed by atoms with Crippen molar-refractivity contribution in [1.29, 1.82) is 0 Å². The average molecular weight is 356 g/mol. The number of ether oxygens (including phenoxy) is 2. The highest BCUT2D eigenvalue weighted by molar-refractivity contribution is 5.76. The number of methoxy groups -OCH3 is 1. The smallest absolute Gasteiger partial charge is 0.220 e. The molecule has 3 N–H and O–H groups in total. The molecule has 140 valence electrons. The second-order valence-electron chi connectivity index (χ2n) is 6.16. The summed E-state index contributed by atoms with van der Waals surface area (Å²) in [6.07, 6.45) is 3.13. The Bertz CT molecular complexity index is 716. The maximum atomic E-state index is 12.1. The lowest BCUT2D eigenvalue weighted by Crippen LogP contribution is -2.23. The molecular weight excluding hydrogens is 328 g/mol. The number of rotatable bonds is 10. The molecule has 0 saturated heterocycles. The standard InChI is InChI=1S/C21H28N2O3/c1-3-4-13-26-19-11-9-16(14-20(19)25-2)15-23-21(24)12-10-17-7-5-6-8-18(17)22/h5-9,11,14H,3-4,10,12-13,15,22H2,1-2H3,(H,23,24). The van der Waals surface area contributed by atoms with Crippen LogP contribution in [-0.4, -0.2) is 19.6 Å². The highest BCUT2D eigenvalue weighted by Crippen LogP contribution is 2.28. The third kappa shape index (κ3) is 5.99. The summed E-state index contributed by atoms with van der Waals surface area (Å²) in [5.41, 5.74) is 8.60. The Morgan fingerprint density at radius 3 is 2.69 bits per heavy atom. The Morgan fingerprint density at radius 1 is 1.15 bits per heavy atom. The van der Waals surface area contributed by atoms with Crippen molar-refractivity contribution in [3.05, 3.63) is 53.6 Å². The van der Waals surface area contributed by atoms with Gasteiger partial charge in [-0.05, 0) is 42.2 Å². The first kappa shape index (κ1) is 19.6. The van der Waals surface area contributed by atoms with Crippen LogP contribution < -0.4 is 20.5 Å². The zero-order valence-corrected chi connectivity index (χ0v) is 15.6. The van der Waals surface area contributed by atoms with Gasteiger partial charge in [0, 0.05) is 18.7 Å². The fourth-order valence-electron chi connectivity index (χ4n) is 2.57. The number of nitrogen functional groups attached to an aromatic ring is 1. The minimum Gasteiger partial charge on any atom is -0.493 e. The first-order valence-electron chi connectivity index (χ1n) is 9.03. The van der Waals surface area contributed by atoms with Gasteiger partial charge in [0.2, 0.25) is 5.91 Å². The lowest BCUT2D eigenvalue weighted by atomic mass is 10.1. The van der Waals surface area contributed by atoms with E-state index in [0.717, 1.165) is 35.4 Å². The molecule has 0 bridgehead atoms. The summed E-state index contributed by atoms with van der Waals surface area (Å²) in [5.74, 6) is 1.41. The van der Waals surface area contributed by atoms with Gasteiger partial charge in [0.15, 0.2) is 11.5 Å². The van der Waals surface area contributed by atoms with E-state index in [1.165, 1.54) is 0 Å². The summed E-state index contributed by atoms with van der Waals surface area (Å²) in [4.78, 5) is 12.1. The van der Waals surface area contributed by atoms with E-state index in [1.54, 1.807) is 7.11 Å². The Kier molecular flexibility index (Phi) is 7.80. The van der Waals surface area contributed by atoms with Crippen LogP contribution in [0.15, 0.2) is 42.5 Å². The van der Waals surface area contributed by atoms with Crippen LogP contribution in [0.1, 0.15) is 37.3 Å². The number of nitrogens with one attached hydrogen (secondary N) is 1. The van der Waals surface area contributed by atoms with Gasteiger partial charge in [-0.2, -0.15) is 0 Å². The highest BCUT2D eigenvalue weighted by atomic mass is 16.5. The topological polar surface area (TPSA) is 73.6 Å². The van der Waals surface area contributed by atoms with Crippen LogP contribution in [0.5, 0.6) is 11.5 Å². The highest BCUT2D eigenvalue weighted by Gasteiger charge is 2.08. The van der Waals surface area contributed by atoms with Crippen LogP contribution in [0.4, 0.5) is 5.69 Å². The number of para-hydroxylation sites is 1. The van der Waals surface area contributed by atoms with Crippen LogP contribution in [0.3, 0.4) is 0 Å². The number of amides is 1. The zero-order chi connectivity index (χ0) is 18.8. The molecule has 0 aromatic heterocycles. The predicted molar refractivity (Wildman–Crippen MR) is 104 cm³/mol. The first-order valence-corrected chi connectivity index (χ1v) is 9.03. The molecule has 0 aliphatic carbocycles. The maximum absolute atomic E-state index is 12.1. The van der Waals surface area contributed by atoms with Gasteiger partial charge < -0.3 is 20.5 Å². The van der Waals surface area contributed by atoms with Gasteiger partial charge >= 0.3 is 0 Å². The van der Waals surface area contributed by atoms with E-state index in [1.807, 2.05) is 42.5 Å². The molecule has 1 amide bonds. The summed E-state index contributed by atoms with van der Waals surface area (Å²) in [5, 5.41) is 2.94. The lowest BCUT2D eigenvalue weighted by Gasteiger charge is -2.12. The van der Waals surface area contributed by atoms with Crippen molar-refractivity contribution in [3.8, 4) is 11.5 Å². The molecule has 0 radical (unpaired) electrons. The number of anilines is 1. The van der Waals surface area contributed by atoms with Gasteiger partial charge in [-0.15, -0.1) is 0 Å². The summed E-state index contributed by atoms with van der Waals surface area (Å²) in [6, 6.07) is 13.4. The zero-order valence-electron chi connectivity index (χ0n) is 15.6. The van der Waals surface area contributed by atoms with Gasteiger partial charge in [0.05, 0.1) is 13.7 Å². The van der Waals surface area contributed by atoms with Gasteiger partial charge in [-0.3, -0.25) is 4.79 Å². The fourth-order valence-corrected chi connectivity index (χ4v) is 2.57. The monoisotopic (exact) mass is 356 g/mol. The SMILES string of the molecule is CCCCOc1ccc(CNC(=O)CCc2ccccc2N)cc1OC. The number of hydrogen-bond donors (Lipinski definition) is 2. The average Bonchev–Trinajstić information content (AvgIpc) is 2.66. The molecule has 0 unspecified atom stereocenters. The van der Waals surface area contributed by atoms with Crippen molar-refractivity contribution in [2.75, 3.05) is 19.5 Å². The van der Waals surface area contributed by atoms with E-state index >= 15 is 0 Å². The normalized spacial score (nSPS) is 10.4. The number of unbranched alkanes of at least 4 members (excludes halogenated alkanes) is 1. The largest absolute Gasteiger partial charge is 0.493 e. The number of aryl methyl sites for hydroxylation is 1. The molecule has 0 saturated carbocycles. The van der Waals surface area contributed by atoms with E-state index in [2.05, 4.69) is 12.2 Å². The van der Waals surface area contributed by atoms with Crippen LogP contribution in [-0.2, 0) is 17.8 Å². The van der Waals surface area contributed by atoms with Crippen molar-refractivity contribution in [2.45, 2.75) is 39.2 Å². The quantitative estimate of drug-likeness (QED) is 0.503. The second kappa shape index (κ2) is 10.3. The molecule has 0 spiro atoms. The fraction of sp³-hybridized carbons (Fsp3) is 0.381. The molecule has 0 aliphatic rings. The van der Waals surface area contributed by atoms with E-state index in [4.69, 9.17) is 15.2 Å². The van der Waals surface area contributed by atoms with E-state index in [-0.39, 0.29) is 5.91 Å². The minimum absolute atomic E-state index is 0.00417. The van der Waals surface area contributed by atoms with Gasteiger partial charge in [0.25, 0.3) is 0 Å². The third-order valence-corrected chi connectivity index (χ3v) is 4.15. The molecule has 2 aromatic carbocycles. The number of carbonyl (C=O) groups is 1. The maximum Gasteiger partial charge on any atom is 0.220 e. The van der Waals surface area contributed by atoms with Crippen molar-refractivity contribution in [3.63, 3.8) is 0 Å². The molecule has 2 rings (SSSR count). The number of carbonyl (C=O) groups excluding carboxylic acids is 1. The first-order chi connectivity index (χ1) is 12.6. The van der Waals surface area contributed by atoms with E-state index < -0.39 is 0 Å². The van der Waals surface area contributed by atoms with Crippen molar-refractivity contribution >= 4 is 11.6 Å². The molecule has 2 aromatic rings. The number of benzene rings is 2. The van der Waals surface area contributed by atoms with E-state index in [0.29, 0.717) is 31.7 Å². The van der Waals surface area contributed by atoms with Gasteiger partial charge in [-0.1, -0.05) is 37.6 Å². The Labute approximate surface area is 155 Å².